The van der Waals surface area contributed by atoms with Crippen LogP contribution in [0.2, 0.25) is 0 Å². The number of ether oxygens (including phenoxy) is 1. The van der Waals surface area contributed by atoms with Crippen molar-refractivity contribution in [1.29, 1.82) is 0 Å². The zero-order valence-corrected chi connectivity index (χ0v) is 21.5. The monoisotopic (exact) mass is 492 g/mol. The number of thioether (sulfide) groups is 1. The number of carbonyl (C=O) groups is 1. The van der Waals surface area contributed by atoms with Gasteiger partial charge in [-0.25, -0.2) is 0 Å². The summed E-state index contributed by atoms with van der Waals surface area (Å²) in [6.45, 7) is 2.48. The van der Waals surface area contributed by atoms with E-state index in [9.17, 15) is 4.79 Å². The average Bonchev–Trinajstić information content (AvgIpc) is 3.19. The Morgan fingerprint density at radius 1 is 0.886 bits per heavy atom. The molecule has 2 aromatic carbocycles. The van der Waals surface area contributed by atoms with Crippen molar-refractivity contribution in [1.82, 2.24) is 4.90 Å². The van der Waals surface area contributed by atoms with Gasteiger partial charge in [-0.05, 0) is 57.2 Å². The highest BCUT2D eigenvalue weighted by Gasteiger charge is 2.67. The SMILES string of the molecule is CCO[C@@]1(c2ccccc2)S[C@@](ON=C2CCCCC2)(c2ccccc2)C(=O)N1C1CCCCC1. The van der Waals surface area contributed by atoms with Gasteiger partial charge in [-0.1, -0.05) is 91.5 Å². The van der Waals surface area contributed by atoms with Crippen molar-refractivity contribution in [3.63, 3.8) is 0 Å². The first-order valence-corrected chi connectivity index (χ1v) is 14.0. The highest BCUT2D eigenvalue weighted by atomic mass is 32.2. The summed E-state index contributed by atoms with van der Waals surface area (Å²) in [6, 6.07) is 20.2. The van der Waals surface area contributed by atoms with Crippen LogP contribution < -0.4 is 0 Å². The maximum atomic E-state index is 14.7. The maximum absolute atomic E-state index is 14.7. The van der Waals surface area contributed by atoms with Crippen LogP contribution in [-0.2, 0) is 24.4 Å². The molecule has 1 aliphatic heterocycles. The van der Waals surface area contributed by atoms with Crippen LogP contribution in [0, 0.1) is 0 Å². The van der Waals surface area contributed by atoms with Gasteiger partial charge in [-0.3, -0.25) is 9.69 Å². The van der Waals surface area contributed by atoms with Crippen LogP contribution in [0.5, 0.6) is 0 Å². The number of amides is 1. The topological polar surface area (TPSA) is 51.1 Å². The Balaban J connectivity index is 1.65. The molecular weight excluding hydrogens is 456 g/mol. The van der Waals surface area contributed by atoms with Gasteiger partial charge in [-0.2, -0.15) is 0 Å². The summed E-state index contributed by atoms with van der Waals surface area (Å²) in [5.41, 5.74) is 2.84. The van der Waals surface area contributed by atoms with E-state index in [1.807, 2.05) is 60.4 Å². The summed E-state index contributed by atoms with van der Waals surface area (Å²) in [6.07, 6.45) is 10.8. The smallest absolute Gasteiger partial charge is 0.290 e. The number of rotatable bonds is 7. The van der Waals surface area contributed by atoms with Gasteiger partial charge in [0.1, 0.15) is 0 Å². The fourth-order valence-electron chi connectivity index (χ4n) is 5.68. The zero-order valence-electron chi connectivity index (χ0n) is 20.7. The van der Waals surface area contributed by atoms with E-state index in [0.717, 1.165) is 68.2 Å². The summed E-state index contributed by atoms with van der Waals surface area (Å²) in [4.78, 5) is 21.9. The van der Waals surface area contributed by atoms with Crippen LogP contribution in [0.4, 0.5) is 0 Å². The lowest BCUT2D eigenvalue weighted by Crippen LogP contribution is -2.52. The first kappa shape index (κ1) is 24.4. The molecular formula is C29H36N2O3S. The van der Waals surface area contributed by atoms with Crippen molar-refractivity contribution in [3.8, 4) is 0 Å². The van der Waals surface area contributed by atoms with E-state index in [2.05, 4.69) is 17.3 Å². The van der Waals surface area contributed by atoms with Gasteiger partial charge in [0.2, 0.25) is 5.06 Å². The molecule has 3 aliphatic rings. The molecule has 0 unspecified atom stereocenters. The van der Waals surface area contributed by atoms with E-state index in [0.29, 0.717) is 6.61 Å². The molecule has 0 radical (unpaired) electrons. The van der Waals surface area contributed by atoms with Gasteiger partial charge in [0.05, 0.1) is 5.71 Å². The van der Waals surface area contributed by atoms with Gasteiger partial charge in [0, 0.05) is 23.8 Å². The summed E-state index contributed by atoms with van der Waals surface area (Å²) >= 11 is 1.46. The lowest BCUT2D eigenvalue weighted by molar-refractivity contribution is -0.168. The van der Waals surface area contributed by atoms with E-state index < -0.39 is 9.99 Å². The number of benzene rings is 2. The minimum atomic E-state index is -1.30. The number of oxime groups is 1. The predicted octanol–water partition coefficient (Wildman–Crippen LogP) is 6.93. The number of nitrogens with zero attached hydrogens (tertiary/aromatic N) is 2. The second-order valence-corrected chi connectivity index (χ2v) is 11.1. The molecule has 0 N–H and O–H groups in total. The number of hydrogen-bond donors (Lipinski definition) is 0. The predicted molar refractivity (Wildman–Crippen MR) is 141 cm³/mol. The van der Waals surface area contributed by atoms with Crippen molar-refractivity contribution < 1.29 is 14.4 Å². The minimum absolute atomic E-state index is 0.0573. The molecule has 3 fully saturated rings. The Bertz CT molecular complexity index is 1020. The Morgan fingerprint density at radius 2 is 1.49 bits per heavy atom. The van der Waals surface area contributed by atoms with E-state index in [1.54, 1.807) is 0 Å². The highest BCUT2D eigenvalue weighted by molar-refractivity contribution is 8.02. The fourth-order valence-corrected chi connectivity index (χ4v) is 7.35. The molecule has 0 aromatic heterocycles. The molecule has 186 valence electrons. The van der Waals surface area contributed by atoms with Crippen molar-refractivity contribution >= 4 is 23.4 Å². The van der Waals surface area contributed by atoms with Crippen LogP contribution in [0.1, 0.15) is 82.3 Å². The Hall–Kier alpha value is -2.31. The molecule has 2 aromatic rings. The normalized spacial score (nSPS) is 27.7. The van der Waals surface area contributed by atoms with E-state index in [4.69, 9.17) is 9.57 Å². The van der Waals surface area contributed by atoms with Crippen LogP contribution in [0.15, 0.2) is 65.8 Å². The Labute approximate surface area is 213 Å². The number of carbonyl (C=O) groups excluding carboxylic acids is 1. The molecule has 1 amide bonds. The van der Waals surface area contributed by atoms with Crippen molar-refractivity contribution in [2.45, 2.75) is 87.2 Å². The molecule has 6 heteroatoms. The van der Waals surface area contributed by atoms with E-state index >= 15 is 0 Å². The largest absolute Gasteiger partial charge is 0.363 e. The van der Waals surface area contributed by atoms with Gasteiger partial charge in [0.15, 0.2) is 0 Å². The Morgan fingerprint density at radius 3 is 2.11 bits per heavy atom. The second-order valence-electron chi connectivity index (χ2n) is 9.74. The molecule has 1 saturated heterocycles. The Kier molecular flexibility index (Phi) is 7.49. The molecule has 0 bridgehead atoms. The maximum Gasteiger partial charge on any atom is 0.290 e. The molecule has 2 saturated carbocycles. The molecule has 35 heavy (non-hydrogen) atoms. The lowest BCUT2D eigenvalue weighted by Gasteiger charge is -2.42. The first-order chi connectivity index (χ1) is 17.2. The molecule has 1 heterocycles. The highest BCUT2D eigenvalue weighted by Crippen LogP contribution is 2.61. The van der Waals surface area contributed by atoms with Gasteiger partial charge in [-0.15, -0.1) is 0 Å². The quantitative estimate of drug-likeness (QED) is 0.393. The van der Waals surface area contributed by atoms with Gasteiger partial charge in [0.25, 0.3) is 10.8 Å². The molecule has 5 rings (SSSR count). The average molecular weight is 493 g/mol. The third kappa shape index (κ3) is 4.63. The third-order valence-corrected chi connectivity index (χ3v) is 9.01. The van der Waals surface area contributed by atoms with Crippen LogP contribution in [-0.4, -0.2) is 29.2 Å². The van der Waals surface area contributed by atoms with Crippen molar-refractivity contribution in [2.75, 3.05) is 6.61 Å². The van der Waals surface area contributed by atoms with E-state index in [1.165, 1.54) is 24.6 Å². The van der Waals surface area contributed by atoms with Crippen molar-refractivity contribution in [3.05, 3.63) is 71.8 Å². The first-order valence-electron chi connectivity index (χ1n) is 13.2. The summed E-state index contributed by atoms with van der Waals surface area (Å²) in [7, 11) is 0. The molecule has 0 spiro atoms. The van der Waals surface area contributed by atoms with Crippen LogP contribution in [0.3, 0.4) is 0 Å². The van der Waals surface area contributed by atoms with Crippen LogP contribution in [0.25, 0.3) is 0 Å². The number of hydrogen-bond acceptors (Lipinski definition) is 5. The zero-order chi connectivity index (χ0) is 24.1. The van der Waals surface area contributed by atoms with Crippen LogP contribution >= 0.6 is 11.8 Å². The summed E-state index contributed by atoms with van der Waals surface area (Å²) in [5.74, 6) is -0.0573. The molecule has 2 atom stereocenters. The van der Waals surface area contributed by atoms with E-state index in [-0.39, 0.29) is 11.9 Å². The third-order valence-electron chi connectivity index (χ3n) is 7.41. The molecule has 2 aliphatic carbocycles. The molecule has 5 nitrogen and oxygen atoms in total. The standard InChI is InChI=1S/C29H36N2O3S/c1-2-33-29(24-17-9-4-10-18-24)31(26-21-13-6-14-22-26)27(32)28(35-29,23-15-7-3-8-16-23)34-30-25-19-11-5-12-20-25/h3-4,7-10,15-18,26H,2,5-6,11-14,19-22H2,1H3/t28-,29-/m0/s1. The summed E-state index contributed by atoms with van der Waals surface area (Å²) < 4.78 is 6.62. The summed E-state index contributed by atoms with van der Waals surface area (Å²) in [5, 5.41) is 3.68. The second kappa shape index (κ2) is 10.8. The van der Waals surface area contributed by atoms with Crippen molar-refractivity contribution in [2.24, 2.45) is 5.16 Å². The fraction of sp³-hybridized carbons (Fsp3) is 0.517. The lowest BCUT2D eigenvalue weighted by atomic mass is 9.92. The van der Waals surface area contributed by atoms with Gasteiger partial charge < -0.3 is 9.57 Å². The minimum Gasteiger partial charge on any atom is -0.363 e. The van der Waals surface area contributed by atoms with Gasteiger partial charge >= 0.3 is 0 Å².